The van der Waals surface area contributed by atoms with Gasteiger partial charge in [0.1, 0.15) is 5.82 Å². The van der Waals surface area contributed by atoms with Gasteiger partial charge in [-0.3, -0.25) is 0 Å². The summed E-state index contributed by atoms with van der Waals surface area (Å²) in [5, 5.41) is 10.5. The second-order valence-corrected chi connectivity index (χ2v) is 4.45. The summed E-state index contributed by atoms with van der Waals surface area (Å²) >= 11 is 0. The predicted octanol–water partition coefficient (Wildman–Crippen LogP) is 3.37. The Morgan fingerprint density at radius 1 is 0.933 bits per heavy atom. The Labute approximate surface area is 89.9 Å². The average molecular weight is 208 g/mol. The minimum absolute atomic E-state index is 0.240. The van der Waals surface area contributed by atoms with Crippen LogP contribution < -0.4 is 0 Å². The first kappa shape index (κ1) is 10.6. The fourth-order valence-electron chi connectivity index (χ4n) is 2.36. The molecule has 1 nitrogen and oxygen atoms in total. The van der Waals surface area contributed by atoms with Crippen LogP contribution in [-0.2, 0) is 5.60 Å². The van der Waals surface area contributed by atoms with Crippen LogP contribution in [-0.4, -0.2) is 5.11 Å². The second-order valence-electron chi connectivity index (χ2n) is 4.45. The van der Waals surface area contributed by atoms with Crippen LogP contribution in [0.5, 0.6) is 0 Å². The largest absolute Gasteiger partial charge is 0.385 e. The zero-order valence-corrected chi connectivity index (χ0v) is 8.88. The highest BCUT2D eigenvalue weighted by molar-refractivity contribution is 5.23. The van der Waals surface area contributed by atoms with E-state index in [0.29, 0.717) is 0 Å². The maximum Gasteiger partial charge on any atom is 0.123 e. The maximum absolute atomic E-state index is 12.8. The molecule has 0 atom stereocenters. The van der Waals surface area contributed by atoms with Crippen molar-refractivity contribution >= 4 is 0 Å². The van der Waals surface area contributed by atoms with Crippen LogP contribution in [0.2, 0.25) is 0 Å². The number of benzene rings is 1. The lowest BCUT2D eigenvalue weighted by molar-refractivity contribution is 0.0207. The van der Waals surface area contributed by atoms with E-state index >= 15 is 0 Å². The zero-order chi connectivity index (χ0) is 10.7. The highest BCUT2D eigenvalue weighted by Gasteiger charge is 2.29. The highest BCUT2D eigenvalue weighted by Crippen LogP contribution is 2.35. The van der Waals surface area contributed by atoms with Crippen LogP contribution in [0.25, 0.3) is 0 Å². The Balaban J connectivity index is 2.22. The Bertz CT molecular complexity index is 310. The highest BCUT2D eigenvalue weighted by atomic mass is 19.1. The second kappa shape index (κ2) is 4.31. The molecule has 1 aromatic rings. The molecule has 1 aliphatic rings. The van der Waals surface area contributed by atoms with Gasteiger partial charge in [0.25, 0.3) is 0 Å². The molecule has 1 saturated carbocycles. The van der Waals surface area contributed by atoms with Crippen LogP contribution in [0.1, 0.15) is 44.1 Å². The maximum atomic E-state index is 12.8. The van der Waals surface area contributed by atoms with Gasteiger partial charge in [-0.15, -0.1) is 0 Å². The summed E-state index contributed by atoms with van der Waals surface area (Å²) < 4.78 is 12.8. The van der Waals surface area contributed by atoms with E-state index in [2.05, 4.69) is 0 Å². The van der Waals surface area contributed by atoms with E-state index < -0.39 is 5.60 Å². The summed E-state index contributed by atoms with van der Waals surface area (Å²) in [6, 6.07) is 6.28. The van der Waals surface area contributed by atoms with Crippen molar-refractivity contribution in [3.63, 3.8) is 0 Å². The SMILES string of the molecule is OC1(c2ccc(F)cc2)CCCCCC1. The first-order valence-corrected chi connectivity index (χ1v) is 5.69. The molecular weight excluding hydrogens is 191 g/mol. The van der Waals surface area contributed by atoms with Crippen molar-refractivity contribution in [3.8, 4) is 0 Å². The molecule has 0 radical (unpaired) electrons. The fraction of sp³-hybridized carbons (Fsp3) is 0.538. The van der Waals surface area contributed by atoms with Crippen molar-refractivity contribution in [2.45, 2.75) is 44.1 Å². The molecule has 15 heavy (non-hydrogen) atoms. The third-order valence-corrected chi connectivity index (χ3v) is 3.31. The Kier molecular flexibility index (Phi) is 3.06. The minimum Gasteiger partial charge on any atom is -0.385 e. The van der Waals surface area contributed by atoms with Crippen molar-refractivity contribution in [2.24, 2.45) is 0 Å². The van der Waals surface area contributed by atoms with E-state index in [-0.39, 0.29) is 5.82 Å². The summed E-state index contributed by atoms with van der Waals surface area (Å²) in [5.41, 5.74) is 0.148. The number of hydrogen-bond acceptors (Lipinski definition) is 1. The Morgan fingerprint density at radius 2 is 1.47 bits per heavy atom. The number of rotatable bonds is 1. The van der Waals surface area contributed by atoms with Gasteiger partial charge in [-0.05, 0) is 30.5 Å². The van der Waals surface area contributed by atoms with E-state index in [1.807, 2.05) is 0 Å². The van der Waals surface area contributed by atoms with Gasteiger partial charge in [0.05, 0.1) is 5.60 Å². The van der Waals surface area contributed by atoms with Crippen LogP contribution in [0.4, 0.5) is 4.39 Å². The van der Waals surface area contributed by atoms with Gasteiger partial charge in [0, 0.05) is 0 Å². The lowest BCUT2D eigenvalue weighted by atomic mass is 9.87. The molecule has 1 aliphatic carbocycles. The summed E-state index contributed by atoms with van der Waals surface area (Å²) in [5.74, 6) is -0.240. The smallest absolute Gasteiger partial charge is 0.123 e. The first-order valence-electron chi connectivity index (χ1n) is 5.69. The van der Waals surface area contributed by atoms with Gasteiger partial charge in [-0.25, -0.2) is 4.39 Å². The topological polar surface area (TPSA) is 20.2 Å². The summed E-state index contributed by atoms with van der Waals surface area (Å²) in [7, 11) is 0. The van der Waals surface area contributed by atoms with Gasteiger partial charge < -0.3 is 5.11 Å². The molecular formula is C13H17FO. The van der Waals surface area contributed by atoms with Crippen molar-refractivity contribution in [2.75, 3.05) is 0 Å². The number of hydrogen-bond donors (Lipinski definition) is 1. The average Bonchev–Trinajstić information content (AvgIpc) is 2.45. The predicted molar refractivity (Wildman–Crippen MR) is 58.0 cm³/mol. The molecule has 1 fully saturated rings. The zero-order valence-electron chi connectivity index (χ0n) is 8.88. The number of aliphatic hydroxyl groups is 1. The van der Waals surface area contributed by atoms with E-state index in [4.69, 9.17) is 0 Å². The molecule has 0 amide bonds. The lowest BCUT2D eigenvalue weighted by Gasteiger charge is -2.27. The van der Waals surface area contributed by atoms with E-state index in [1.165, 1.54) is 25.0 Å². The molecule has 0 spiro atoms. The first-order chi connectivity index (χ1) is 7.21. The Morgan fingerprint density at radius 3 is 2.00 bits per heavy atom. The number of halogens is 1. The summed E-state index contributed by atoms with van der Waals surface area (Å²) in [4.78, 5) is 0. The van der Waals surface area contributed by atoms with Crippen LogP contribution in [0.3, 0.4) is 0 Å². The summed E-state index contributed by atoms with van der Waals surface area (Å²) in [6.07, 6.45) is 6.13. The van der Waals surface area contributed by atoms with Gasteiger partial charge in [-0.1, -0.05) is 37.8 Å². The quantitative estimate of drug-likeness (QED) is 0.701. The van der Waals surface area contributed by atoms with Crippen molar-refractivity contribution in [1.82, 2.24) is 0 Å². The third kappa shape index (κ3) is 2.37. The fourth-order valence-corrected chi connectivity index (χ4v) is 2.36. The molecule has 82 valence electrons. The van der Waals surface area contributed by atoms with Crippen molar-refractivity contribution in [1.29, 1.82) is 0 Å². The van der Waals surface area contributed by atoms with E-state index in [0.717, 1.165) is 31.2 Å². The normalized spacial score (nSPS) is 20.9. The molecule has 1 aromatic carbocycles. The molecule has 2 rings (SSSR count). The molecule has 1 N–H and O–H groups in total. The minimum atomic E-state index is -0.718. The van der Waals surface area contributed by atoms with Crippen LogP contribution in [0.15, 0.2) is 24.3 Å². The van der Waals surface area contributed by atoms with E-state index in [1.54, 1.807) is 12.1 Å². The molecule has 0 bridgehead atoms. The lowest BCUT2D eigenvalue weighted by Crippen LogP contribution is -2.24. The van der Waals surface area contributed by atoms with E-state index in [9.17, 15) is 9.50 Å². The van der Waals surface area contributed by atoms with Crippen LogP contribution in [0, 0.1) is 5.82 Å². The van der Waals surface area contributed by atoms with Crippen molar-refractivity contribution < 1.29 is 9.50 Å². The third-order valence-electron chi connectivity index (χ3n) is 3.31. The van der Waals surface area contributed by atoms with Gasteiger partial charge in [-0.2, -0.15) is 0 Å². The van der Waals surface area contributed by atoms with Gasteiger partial charge in [0.15, 0.2) is 0 Å². The molecule has 0 aliphatic heterocycles. The molecule has 0 heterocycles. The standard InChI is InChI=1S/C13H17FO/c14-12-7-5-11(6-8-12)13(15)9-3-1-2-4-10-13/h5-8,15H,1-4,9-10H2. The molecule has 2 heteroatoms. The van der Waals surface area contributed by atoms with Gasteiger partial charge in [0.2, 0.25) is 0 Å². The molecule has 0 unspecified atom stereocenters. The van der Waals surface area contributed by atoms with Gasteiger partial charge >= 0.3 is 0 Å². The van der Waals surface area contributed by atoms with Crippen molar-refractivity contribution in [3.05, 3.63) is 35.6 Å². The molecule has 0 saturated heterocycles. The Hall–Kier alpha value is -0.890. The van der Waals surface area contributed by atoms with Crippen LogP contribution >= 0.6 is 0 Å². The monoisotopic (exact) mass is 208 g/mol. The summed E-state index contributed by atoms with van der Waals surface area (Å²) in [6.45, 7) is 0. The molecule has 0 aromatic heterocycles.